The van der Waals surface area contributed by atoms with E-state index >= 15 is 0 Å². The first-order valence-electron chi connectivity index (χ1n) is 4.38. The van der Waals surface area contributed by atoms with Gasteiger partial charge in [-0.15, -0.1) is 0 Å². The number of carbonyl (C=O) groups is 1. The van der Waals surface area contributed by atoms with E-state index in [0.717, 1.165) is 0 Å². The van der Waals surface area contributed by atoms with E-state index in [1.165, 1.54) is 19.4 Å². The van der Waals surface area contributed by atoms with Crippen molar-refractivity contribution in [3.8, 4) is 5.75 Å². The molecule has 2 aromatic rings. The Kier molecular flexibility index (Phi) is 3.94. The number of aromatic nitrogens is 1. The minimum absolute atomic E-state index is 0. The van der Waals surface area contributed by atoms with Crippen LogP contribution in [0.3, 0.4) is 0 Å². The van der Waals surface area contributed by atoms with Crippen LogP contribution in [-0.2, 0) is 0 Å². The van der Waals surface area contributed by atoms with Crippen molar-refractivity contribution in [3.63, 3.8) is 0 Å². The maximum atomic E-state index is 10.9. The van der Waals surface area contributed by atoms with Crippen molar-refractivity contribution < 1.29 is 34.9 Å². The number of benzene rings is 1. The van der Waals surface area contributed by atoms with E-state index in [1.54, 1.807) is 18.2 Å². The van der Waals surface area contributed by atoms with E-state index in [-0.39, 0.29) is 25.9 Å². The molecule has 0 spiro atoms. The first kappa shape index (κ1) is 12.6. The summed E-state index contributed by atoms with van der Waals surface area (Å²) in [5.41, 5.74) is 0.884. The van der Waals surface area contributed by atoms with E-state index in [0.29, 0.717) is 16.7 Å². The van der Waals surface area contributed by atoms with Gasteiger partial charge in [0.05, 0.1) is 18.2 Å². The minimum Gasteiger partial charge on any atom is -1.00 e. The third kappa shape index (κ3) is 2.18. The number of aromatic carboxylic acids is 1. The second-order valence-electron chi connectivity index (χ2n) is 3.05. The van der Waals surface area contributed by atoms with E-state index < -0.39 is 5.97 Å². The molecule has 0 atom stereocenters. The maximum Gasteiger partial charge on any atom is 1.00 e. The van der Waals surface area contributed by atoms with Crippen molar-refractivity contribution in [1.29, 1.82) is 0 Å². The summed E-state index contributed by atoms with van der Waals surface area (Å²) in [4.78, 5) is 15.0. The summed E-state index contributed by atoms with van der Waals surface area (Å²) in [5.74, 6) is -0.339. The van der Waals surface area contributed by atoms with Gasteiger partial charge in [0.2, 0.25) is 0 Å². The summed E-state index contributed by atoms with van der Waals surface area (Å²) >= 11 is 0. The van der Waals surface area contributed by atoms with Gasteiger partial charge < -0.3 is 11.3 Å². The Hall–Kier alpha value is -1.50. The maximum absolute atomic E-state index is 10.9. The fraction of sp³-hybridized carbons (Fsp3) is 0.0909. The third-order valence-electron chi connectivity index (χ3n) is 2.18. The van der Waals surface area contributed by atoms with Gasteiger partial charge in [-0.2, -0.15) is 0 Å². The molecule has 0 saturated carbocycles. The van der Waals surface area contributed by atoms with Crippen LogP contribution < -0.4 is 23.6 Å². The van der Waals surface area contributed by atoms with Crippen LogP contribution in [0.2, 0.25) is 0 Å². The van der Waals surface area contributed by atoms with E-state index in [1.807, 2.05) is 0 Å². The Balaban J connectivity index is 0.00000128. The molecule has 0 amide bonds. The molecule has 1 heterocycles. The molecule has 5 heteroatoms. The molecule has 1 N–H and O–H groups in total. The third-order valence-corrected chi connectivity index (χ3v) is 2.18. The molecule has 2 rings (SSSR count). The van der Waals surface area contributed by atoms with Gasteiger partial charge in [0.1, 0.15) is 5.75 Å². The summed E-state index contributed by atoms with van der Waals surface area (Å²) in [6, 6.07) is 6.64. The van der Waals surface area contributed by atoms with Crippen LogP contribution in [0.4, 0.5) is 0 Å². The molecule has 0 aliphatic rings. The number of nitrogens with zero attached hydrogens (tertiary/aromatic N) is 1. The average Bonchev–Trinajstić information content (AvgIpc) is 2.27. The Morgan fingerprint density at radius 3 is 2.81 bits per heavy atom. The average molecular weight is 211 g/mol. The molecular weight excluding hydrogens is 201 g/mol. The second kappa shape index (κ2) is 5.02. The van der Waals surface area contributed by atoms with Crippen molar-refractivity contribution in [3.05, 3.63) is 36.0 Å². The Morgan fingerprint density at radius 1 is 1.44 bits per heavy atom. The van der Waals surface area contributed by atoms with Crippen LogP contribution in [-0.4, -0.2) is 23.2 Å². The van der Waals surface area contributed by atoms with Crippen molar-refractivity contribution in [1.82, 2.24) is 4.98 Å². The fourth-order valence-electron chi connectivity index (χ4n) is 1.44. The van der Waals surface area contributed by atoms with Gasteiger partial charge in [0.25, 0.3) is 0 Å². The van der Waals surface area contributed by atoms with E-state index in [2.05, 4.69) is 4.98 Å². The quantitative estimate of drug-likeness (QED) is 0.651. The molecule has 0 bridgehead atoms. The zero-order valence-electron chi connectivity index (χ0n) is 10.1. The number of hydrogen-bond donors (Lipinski definition) is 1. The smallest absolute Gasteiger partial charge is 1.00 e. The van der Waals surface area contributed by atoms with Crippen LogP contribution in [0, 0.1) is 0 Å². The van der Waals surface area contributed by atoms with Crippen LogP contribution >= 0.6 is 0 Å². The Labute approximate surface area is 106 Å². The number of pyridine rings is 1. The molecule has 0 aliphatic carbocycles. The van der Waals surface area contributed by atoms with Crippen molar-refractivity contribution >= 4 is 16.9 Å². The first-order chi connectivity index (χ1) is 7.22. The summed E-state index contributed by atoms with van der Waals surface area (Å²) in [6.45, 7) is 0. The molecule has 78 valence electrons. The number of carboxylic acids is 1. The van der Waals surface area contributed by atoms with E-state index in [9.17, 15) is 4.79 Å². The summed E-state index contributed by atoms with van der Waals surface area (Å²) in [6.07, 6.45) is 1.48. The zero-order chi connectivity index (χ0) is 10.8. The molecule has 1 aromatic heterocycles. The Morgan fingerprint density at radius 2 is 2.19 bits per heavy atom. The van der Waals surface area contributed by atoms with Gasteiger partial charge >= 0.3 is 24.8 Å². The summed E-state index contributed by atoms with van der Waals surface area (Å²) < 4.78 is 5.04. The van der Waals surface area contributed by atoms with Crippen molar-refractivity contribution in [2.24, 2.45) is 0 Å². The molecule has 0 saturated heterocycles. The van der Waals surface area contributed by atoms with Crippen molar-refractivity contribution in [2.75, 3.05) is 7.11 Å². The molecular formula is C11H10LiNO3. The number of ether oxygens (including phenoxy) is 1. The first-order valence-corrected chi connectivity index (χ1v) is 4.38. The molecule has 0 radical (unpaired) electrons. The number of methoxy groups -OCH3 is 1. The molecule has 0 fully saturated rings. The molecule has 1 aromatic carbocycles. The second-order valence-corrected chi connectivity index (χ2v) is 3.05. The van der Waals surface area contributed by atoms with Crippen molar-refractivity contribution in [2.45, 2.75) is 0 Å². The van der Waals surface area contributed by atoms with Gasteiger partial charge in [-0.3, -0.25) is 4.98 Å². The standard InChI is InChI=1S/C11H9NO3.Li.H/c1-15-7-2-3-10-9(6-7)8(11(13)14)4-5-12-10;;/h2-6H,1H3,(H,13,14);;/q;+1;-1. The van der Waals surface area contributed by atoms with Crippen LogP contribution in [0.1, 0.15) is 11.8 Å². The molecule has 0 aliphatic heterocycles. The number of fused-ring (bicyclic) bond motifs is 1. The van der Waals surface area contributed by atoms with Crippen LogP contribution in [0.25, 0.3) is 10.9 Å². The number of carboxylic acid groups (broad SMARTS) is 1. The summed E-state index contributed by atoms with van der Waals surface area (Å²) in [7, 11) is 1.54. The van der Waals surface area contributed by atoms with Crippen LogP contribution in [0.15, 0.2) is 30.5 Å². The SMILES string of the molecule is COc1ccc2nccc(C(=O)O)c2c1.[H-].[Li+]. The largest absolute Gasteiger partial charge is 1.00 e. The number of rotatable bonds is 2. The van der Waals surface area contributed by atoms with Gasteiger partial charge in [-0.05, 0) is 24.3 Å². The van der Waals surface area contributed by atoms with Gasteiger partial charge in [0.15, 0.2) is 0 Å². The minimum atomic E-state index is -0.962. The van der Waals surface area contributed by atoms with E-state index in [4.69, 9.17) is 9.84 Å². The van der Waals surface area contributed by atoms with Gasteiger partial charge in [0, 0.05) is 11.6 Å². The fourth-order valence-corrected chi connectivity index (χ4v) is 1.44. The van der Waals surface area contributed by atoms with Gasteiger partial charge in [-0.1, -0.05) is 0 Å². The Bertz CT molecular complexity index is 533. The van der Waals surface area contributed by atoms with Gasteiger partial charge in [-0.25, -0.2) is 4.79 Å². The molecule has 4 nitrogen and oxygen atoms in total. The monoisotopic (exact) mass is 211 g/mol. The molecule has 16 heavy (non-hydrogen) atoms. The predicted octanol–water partition coefficient (Wildman–Crippen LogP) is -0.942. The number of hydrogen-bond acceptors (Lipinski definition) is 3. The zero-order valence-corrected chi connectivity index (χ0v) is 9.10. The summed E-state index contributed by atoms with van der Waals surface area (Å²) in [5, 5.41) is 9.57. The molecule has 0 unspecified atom stereocenters. The normalized spacial score (nSPS) is 9.56. The predicted molar refractivity (Wildman–Crippen MR) is 56.4 cm³/mol. The van der Waals surface area contributed by atoms with Crippen LogP contribution in [0.5, 0.6) is 5.75 Å². The topological polar surface area (TPSA) is 59.4 Å².